The van der Waals surface area contributed by atoms with E-state index in [0.717, 1.165) is 22.8 Å². The molecule has 2 aromatic carbocycles. The molecule has 0 saturated heterocycles. The van der Waals surface area contributed by atoms with Gasteiger partial charge < -0.3 is 10.6 Å². The third-order valence-corrected chi connectivity index (χ3v) is 3.38. The van der Waals surface area contributed by atoms with E-state index in [9.17, 15) is 4.79 Å². The smallest absolute Gasteiger partial charge is 0.225 e. The van der Waals surface area contributed by atoms with Crippen LogP contribution in [-0.4, -0.2) is 17.9 Å². The van der Waals surface area contributed by atoms with Crippen LogP contribution in [0.1, 0.15) is 6.42 Å². The van der Waals surface area contributed by atoms with Gasteiger partial charge in [0.2, 0.25) is 5.91 Å². The standard InChI is InChI=1S/C16H18N2OS/c1-20-12-11-16(19)18-15-9-7-14(8-10-15)17-13-5-3-2-4-6-13/h2-10,17H,11-12H2,1H3,(H,18,19). The first kappa shape index (κ1) is 14.5. The molecule has 3 nitrogen and oxygen atoms in total. The summed E-state index contributed by atoms with van der Waals surface area (Å²) in [4.78, 5) is 11.6. The van der Waals surface area contributed by atoms with Gasteiger partial charge >= 0.3 is 0 Å². The zero-order valence-corrected chi connectivity index (χ0v) is 12.2. The Morgan fingerprint density at radius 2 is 1.55 bits per heavy atom. The molecule has 0 saturated carbocycles. The second-order valence-electron chi connectivity index (χ2n) is 4.36. The molecule has 0 bridgehead atoms. The van der Waals surface area contributed by atoms with Crippen LogP contribution in [0.15, 0.2) is 54.6 Å². The highest BCUT2D eigenvalue weighted by atomic mass is 32.2. The zero-order chi connectivity index (χ0) is 14.2. The van der Waals surface area contributed by atoms with Gasteiger partial charge in [-0.1, -0.05) is 18.2 Å². The zero-order valence-electron chi connectivity index (χ0n) is 11.4. The van der Waals surface area contributed by atoms with Gasteiger partial charge in [0, 0.05) is 29.2 Å². The number of hydrogen-bond donors (Lipinski definition) is 2. The number of anilines is 3. The highest BCUT2D eigenvalue weighted by Gasteiger charge is 2.01. The molecule has 2 aromatic rings. The molecule has 0 fully saturated rings. The Bertz CT molecular complexity index is 540. The predicted molar refractivity (Wildman–Crippen MR) is 87.8 cm³/mol. The molecule has 1 amide bonds. The molecular formula is C16H18N2OS. The number of carbonyl (C=O) groups excluding carboxylic acids is 1. The van der Waals surface area contributed by atoms with Crippen LogP contribution < -0.4 is 10.6 Å². The minimum Gasteiger partial charge on any atom is -0.356 e. The summed E-state index contributed by atoms with van der Waals surface area (Å²) in [7, 11) is 0. The first-order chi connectivity index (χ1) is 9.78. The summed E-state index contributed by atoms with van der Waals surface area (Å²) in [6.45, 7) is 0. The molecule has 0 atom stereocenters. The molecule has 0 radical (unpaired) electrons. The van der Waals surface area contributed by atoms with Gasteiger partial charge in [-0.25, -0.2) is 0 Å². The van der Waals surface area contributed by atoms with Crippen molar-refractivity contribution in [3.63, 3.8) is 0 Å². The van der Waals surface area contributed by atoms with Crippen molar-refractivity contribution in [3.8, 4) is 0 Å². The molecule has 0 spiro atoms. The Balaban J connectivity index is 1.91. The Hall–Kier alpha value is -1.94. The van der Waals surface area contributed by atoms with Crippen molar-refractivity contribution in [1.29, 1.82) is 0 Å². The van der Waals surface area contributed by atoms with E-state index >= 15 is 0 Å². The minimum absolute atomic E-state index is 0.0584. The summed E-state index contributed by atoms with van der Waals surface area (Å²) in [6.07, 6.45) is 2.54. The fourth-order valence-electron chi connectivity index (χ4n) is 1.74. The van der Waals surface area contributed by atoms with Crippen molar-refractivity contribution in [2.24, 2.45) is 0 Å². The maximum absolute atomic E-state index is 11.6. The molecule has 4 heteroatoms. The summed E-state index contributed by atoms with van der Waals surface area (Å²) >= 11 is 1.67. The van der Waals surface area contributed by atoms with Crippen molar-refractivity contribution < 1.29 is 4.79 Å². The lowest BCUT2D eigenvalue weighted by atomic mass is 10.2. The van der Waals surface area contributed by atoms with Crippen LogP contribution in [0.3, 0.4) is 0 Å². The average molecular weight is 286 g/mol. The molecule has 0 heterocycles. The van der Waals surface area contributed by atoms with Crippen LogP contribution in [0.4, 0.5) is 17.1 Å². The van der Waals surface area contributed by atoms with E-state index in [4.69, 9.17) is 0 Å². The van der Waals surface area contributed by atoms with Crippen LogP contribution in [0.2, 0.25) is 0 Å². The number of amides is 1. The maximum atomic E-state index is 11.6. The molecule has 2 rings (SSSR count). The number of thioether (sulfide) groups is 1. The number of benzene rings is 2. The largest absolute Gasteiger partial charge is 0.356 e. The van der Waals surface area contributed by atoms with E-state index in [1.807, 2.05) is 60.9 Å². The van der Waals surface area contributed by atoms with E-state index in [-0.39, 0.29) is 5.91 Å². The van der Waals surface area contributed by atoms with Crippen molar-refractivity contribution in [2.75, 3.05) is 22.6 Å². The summed E-state index contributed by atoms with van der Waals surface area (Å²) in [5, 5.41) is 6.19. The normalized spacial score (nSPS) is 10.1. The average Bonchev–Trinajstić information content (AvgIpc) is 2.48. The number of hydrogen-bond acceptors (Lipinski definition) is 3. The Kier molecular flexibility index (Phi) is 5.50. The third kappa shape index (κ3) is 4.63. The molecule has 0 aliphatic heterocycles. The fraction of sp³-hybridized carbons (Fsp3) is 0.188. The van der Waals surface area contributed by atoms with Crippen LogP contribution in [0.5, 0.6) is 0 Å². The van der Waals surface area contributed by atoms with Gasteiger partial charge in [-0.05, 0) is 42.7 Å². The first-order valence-corrected chi connectivity index (χ1v) is 7.88. The lowest BCUT2D eigenvalue weighted by Gasteiger charge is -2.08. The van der Waals surface area contributed by atoms with Crippen molar-refractivity contribution in [2.45, 2.75) is 6.42 Å². The highest BCUT2D eigenvalue weighted by Crippen LogP contribution is 2.18. The van der Waals surface area contributed by atoms with Crippen molar-refractivity contribution in [3.05, 3.63) is 54.6 Å². The van der Waals surface area contributed by atoms with E-state index in [0.29, 0.717) is 6.42 Å². The molecule has 0 aliphatic carbocycles. The van der Waals surface area contributed by atoms with Gasteiger partial charge in [0.05, 0.1) is 0 Å². The van der Waals surface area contributed by atoms with E-state index in [1.54, 1.807) is 11.8 Å². The van der Waals surface area contributed by atoms with Gasteiger partial charge in [-0.2, -0.15) is 11.8 Å². The number of carbonyl (C=O) groups is 1. The monoisotopic (exact) mass is 286 g/mol. The quantitative estimate of drug-likeness (QED) is 0.839. The molecule has 20 heavy (non-hydrogen) atoms. The van der Waals surface area contributed by atoms with E-state index < -0.39 is 0 Å². The lowest BCUT2D eigenvalue weighted by molar-refractivity contribution is -0.115. The number of nitrogens with one attached hydrogen (secondary N) is 2. The third-order valence-electron chi connectivity index (χ3n) is 2.76. The molecular weight excluding hydrogens is 268 g/mol. The fourth-order valence-corrected chi connectivity index (χ4v) is 2.13. The molecule has 0 unspecified atom stereocenters. The summed E-state index contributed by atoms with van der Waals surface area (Å²) in [5.74, 6) is 0.905. The van der Waals surface area contributed by atoms with Gasteiger partial charge in [0.25, 0.3) is 0 Å². The SMILES string of the molecule is CSCCC(=O)Nc1ccc(Nc2ccccc2)cc1. The predicted octanol–water partition coefficient (Wildman–Crippen LogP) is 4.12. The number of para-hydroxylation sites is 1. The number of rotatable bonds is 6. The molecule has 0 aromatic heterocycles. The van der Waals surface area contributed by atoms with Crippen molar-refractivity contribution >= 4 is 34.7 Å². The van der Waals surface area contributed by atoms with Gasteiger partial charge in [-0.15, -0.1) is 0 Å². The van der Waals surface area contributed by atoms with Crippen molar-refractivity contribution in [1.82, 2.24) is 0 Å². The highest BCUT2D eigenvalue weighted by molar-refractivity contribution is 7.98. The second kappa shape index (κ2) is 7.60. The van der Waals surface area contributed by atoms with Crippen LogP contribution in [0, 0.1) is 0 Å². The summed E-state index contributed by atoms with van der Waals surface area (Å²) < 4.78 is 0. The van der Waals surface area contributed by atoms with Crippen LogP contribution in [-0.2, 0) is 4.79 Å². The Morgan fingerprint density at radius 1 is 0.950 bits per heavy atom. The maximum Gasteiger partial charge on any atom is 0.225 e. The van der Waals surface area contributed by atoms with E-state index in [2.05, 4.69) is 10.6 Å². The first-order valence-electron chi connectivity index (χ1n) is 6.49. The summed E-state index contributed by atoms with van der Waals surface area (Å²) in [5.41, 5.74) is 2.87. The second-order valence-corrected chi connectivity index (χ2v) is 5.34. The molecule has 104 valence electrons. The van der Waals surface area contributed by atoms with Gasteiger partial charge in [0.1, 0.15) is 0 Å². The van der Waals surface area contributed by atoms with Gasteiger partial charge in [0.15, 0.2) is 0 Å². The Labute approximate surface area is 123 Å². The Morgan fingerprint density at radius 3 is 2.20 bits per heavy atom. The molecule has 2 N–H and O–H groups in total. The van der Waals surface area contributed by atoms with Crippen LogP contribution in [0.25, 0.3) is 0 Å². The topological polar surface area (TPSA) is 41.1 Å². The minimum atomic E-state index is 0.0584. The molecule has 0 aliphatic rings. The van der Waals surface area contributed by atoms with Gasteiger partial charge in [-0.3, -0.25) is 4.79 Å². The summed E-state index contributed by atoms with van der Waals surface area (Å²) in [6, 6.07) is 17.7. The lowest BCUT2D eigenvalue weighted by Crippen LogP contribution is -2.11. The van der Waals surface area contributed by atoms with E-state index in [1.165, 1.54) is 0 Å². The van der Waals surface area contributed by atoms with Crippen LogP contribution >= 0.6 is 11.8 Å².